The van der Waals surface area contributed by atoms with E-state index in [-0.39, 0.29) is 60.7 Å². The molecule has 0 unspecified atom stereocenters. The highest BCUT2D eigenvalue weighted by Crippen LogP contribution is 2.32. The van der Waals surface area contributed by atoms with Crippen molar-refractivity contribution in [3.63, 3.8) is 0 Å². The standard InChI is InChI=1S/C44H51F3N6O6/c1-5-6-7-8-9-10-11-12-21-59-42(56)34(50-40(54)38-28(2)23-30(25-33(38)45)52-20-22-58-27-37(52)44(3,46)47)24-29-15-16-35(39-31(29)14-13-18-49-39)53-41(55)32-17-19-48-26-36(32)51(4)43(53)57/h13-19,23,25-26,34,37H,5-12,20-22,24,27H2,1-4H3,(H,50,54)/t34-,37+/m0/s1. The Balaban J connectivity index is 1.30. The number of morpholine rings is 1. The number of esters is 1. The summed E-state index contributed by atoms with van der Waals surface area (Å²) in [4.78, 5) is 65.0. The summed E-state index contributed by atoms with van der Waals surface area (Å²) >= 11 is 0. The van der Waals surface area contributed by atoms with Crippen LogP contribution < -0.4 is 21.5 Å². The van der Waals surface area contributed by atoms with Gasteiger partial charge in [-0.1, -0.05) is 64.0 Å². The summed E-state index contributed by atoms with van der Waals surface area (Å²) in [6.45, 7) is 4.62. The van der Waals surface area contributed by atoms with Crippen molar-refractivity contribution in [3.05, 3.63) is 104 Å². The number of rotatable bonds is 17. The van der Waals surface area contributed by atoms with E-state index in [4.69, 9.17) is 9.47 Å². The molecular formula is C44H51F3N6O6. The molecule has 6 rings (SSSR count). The molecule has 1 aliphatic heterocycles. The van der Waals surface area contributed by atoms with Crippen molar-refractivity contribution in [3.8, 4) is 5.69 Å². The number of pyridine rings is 2. The predicted octanol–water partition coefficient (Wildman–Crippen LogP) is 6.97. The summed E-state index contributed by atoms with van der Waals surface area (Å²) in [5.41, 5.74) is 0.273. The number of carbonyl (C=O) groups excluding carboxylic acids is 2. The Morgan fingerprint density at radius 2 is 1.76 bits per heavy atom. The molecule has 1 saturated heterocycles. The van der Waals surface area contributed by atoms with Crippen LogP contribution in [0.4, 0.5) is 18.9 Å². The molecule has 1 N–H and O–H groups in total. The molecule has 314 valence electrons. The number of ether oxygens (including phenoxy) is 2. The molecule has 1 fully saturated rings. The van der Waals surface area contributed by atoms with E-state index in [1.165, 1.54) is 66.4 Å². The smallest absolute Gasteiger partial charge is 0.335 e. The first kappa shape index (κ1) is 43.0. The van der Waals surface area contributed by atoms with Gasteiger partial charge in [-0.3, -0.25) is 24.1 Å². The molecule has 4 heterocycles. The zero-order chi connectivity index (χ0) is 42.3. The lowest BCUT2D eigenvalue weighted by Crippen LogP contribution is -2.54. The quantitative estimate of drug-likeness (QED) is 0.0780. The van der Waals surface area contributed by atoms with Gasteiger partial charge in [0.25, 0.3) is 17.4 Å². The number of anilines is 1. The first-order chi connectivity index (χ1) is 28.3. The molecule has 15 heteroatoms. The number of hydrogen-bond donors (Lipinski definition) is 1. The minimum Gasteiger partial charge on any atom is -0.464 e. The molecule has 0 aliphatic carbocycles. The highest BCUT2D eigenvalue weighted by atomic mass is 19.3. The van der Waals surface area contributed by atoms with Gasteiger partial charge in [-0.05, 0) is 54.8 Å². The molecule has 0 saturated carbocycles. The van der Waals surface area contributed by atoms with Crippen LogP contribution in [0.5, 0.6) is 0 Å². The minimum atomic E-state index is -3.14. The number of aryl methyl sites for hydroxylation is 2. The Morgan fingerprint density at radius 1 is 1.02 bits per heavy atom. The third-order valence-corrected chi connectivity index (χ3v) is 11.0. The maximum absolute atomic E-state index is 16.0. The predicted molar refractivity (Wildman–Crippen MR) is 220 cm³/mol. The van der Waals surface area contributed by atoms with Gasteiger partial charge in [-0.2, -0.15) is 0 Å². The Bertz CT molecular complexity index is 2410. The van der Waals surface area contributed by atoms with Gasteiger partial charge in [0.15, 0.2) is 0 Å². The van der Waals surface area contributed by atoms with Crippen LogP contribution in [-0.2, 0) is 27.7 Å². The lowest BCUT2D eigenvalue weighted by molar-refractivity contribution is -0.146. The van der Waals surface area contributed by atoms with Gasteiger partial charge < -0.3 is 19.7 Å². The van der Waals surface area contributed by atoms with Crippen molar-refractivity contribution >= 4 is 39.4 Å². The number of halogens is 3. The van der Waals surface area contributed by atoms with Gasteiger partial charge in [0, 0.05) is 50.4 Å². The van der Waals surface area contributed by atoms with E-state index in [2.05, 4.69) is 22.2 Å². The van der Waals surface area contributed by atoms with Crippen LogP contribution in [0.3, 0.4) is 0 Å². The maximum Gasteiger partial charge on any atom is 0.335 e. The zero-order valence-corrected chi connectivity index (χ0v) is 33.9. The summed E-state index contributed by atoms with van der Waals surface area (Å²) in [5.74, 6) is -5.70. The second-order valence-electron chi connectivity index (χ2n) is 15.3. The average molecular weight is 817 g/mol. The number of nitrogens with one attached hydrogen (secondary N) is 1. The van der Waals surface area contributed by atoms with Gasteiger partial charge in [0.05, 0.1) is 53.7 Å². The van der Waals surface area contributed by atoms with Crippen LogP contribution in [0.15, 0.2) is 70.6 Å². The van der Waals surface area contributed by atoms with E-state index in [1.807, 2.05) is 0 Å². The zero-order valence-electron chi connectivity index (χ0n) is 33.9. The Hall–Kier alpha value is -5.57. The summed E-state index contributed by atoms with van der Waals surface area (Å²) in [6.07, 6.45) is 12.6. The molecule has 59 heavy (non-hydrogen) atoms. The van der Waals surface area contributed by atoms with Gasteiger partial charge in [0.2, 0.25) is 0 Å². The second-order valence-corrected chi connectivity index (χ2v) is 15.3. The third-order valence-electron chi connectivity index (χ3n) is 11.0. The molecule has 0 spiro atoms. The van der Waals surface area contributed by atoms with E-state index in [0.717, 1.165) is 43.2 Å². The monoisotopic (exact) mass is 816 g/mol. The van der Waals surface area contributed by atoms with Gasteiger partial charge in [-0.25, -0.2) is 27.3 Å². The Labute approximate surface area is 340 Å². The van der Waals surface area contributed by atoms with Crippen molar-refractivity contribution in [1.82, 2.24) is 24.4 Å². The van der Waals surface area contributed by atoms with Crippen LogP contribution >= 0.6 is 0 Å². The van der Waals surface area contributed by atoms with Gasteiger partial charge >= 0.3 is 11.7 Å². The van der Waals surface area contributed by atoms with E-state index in [1.54, 1.807) is 31.3 Å². The van der Waals surface area contributed by atoms with Crippen LogP contribution in [-0.4, -0.2) is 75.4 Å². The lowest BCUT2D eigenvalue weighted by atomic mass is 9.98. The van der Waals surface area contributed by atoms with Crippen LogP contribution in [0, 0.1) is 12.7 Å². The average Bonchev–Trinajstić information content (AvgIpc) is 3.22. The molecule has 2 aromatic carbocycles. The number of unbranched alkanes of at least 4 members (excludes halogenated alkanes) is 7. The minimum absolute atomic E-state index is 0.106. The number of benzene rings is 2. The molecule has 1 aliphatic rings. The molecule has 2 atom stereocenters. The van der Waals surface area contributed by atoms with Crippen molar-refractivity contribution in [2.45, 2.75) is 96.6 Å². The fraction of sp³-hybridized carbons (Fsp3) is 0.455. The van der Waals surface area contributed by atoms with E-state index < -0.39 is 46.9 Å². The van der Waals surface area contributed by atoms with E-state index >= 15 is 4.39 Å². The summed E-state index contributed by atoms with van der Waals surface area (Å²) in [6, 6.07) is 8.05. The fourth-order valence-electron chi connectivity index (χ4n) is 7.75. The normalized spacial score (nSPS) is 15.1. The maximum atomic E-state index is 16.0. The number of alkyl halides is 2. The number of aromatic nitrogens is 4. The molecule has 1 amide bonds. The summed E-state index contributed by atoms with van der Waals surface area (Å²) in [7, 11) is 1.54. The number of hydrogen-bond acceptors (Lipinski definition) is 9. The number of nitrogens with zero attached hydrogens (tertiary/aromatic N) is 5. The summed E-state index contributed by atoms with van der Waals surface area (Å²) < 4.78 is 58.3. The van der Waals surface area contributed by atoms with Crippen molar-refractivity contribution in [2.24, 2.45) is 7.05 Å². The fourth-order valence-corrected chi connectivity index (χ4v) is 7.75. The number of carbonyl (C=O) groups is 2. The van der Waals surface area contributed by atoms with Gasteiger partial charge in [0.1, 0.15) is 17.9 Å². The topological polar surface area (TPSA) is 138 Å². The number of amides is 1. The largest absolute Gasteiger partial charge is 0.464 e. The molecule has 12 nitrogen and oxygen atoms in total. The molecule has 5 aromatic rings. The highest BCUT2D eigenvalue weighted by Gasteiger charge is 2.41. The highest BCUT2D eigenvalue weighted by molar-refractivity contribution is 5.99. The lowest BCUT2D eigenvalue weighted by Gasteiger charge is -2.40. The van der Waals surface area contributed by atoms with Gasteiger partial charge in [-0.15, -0.1) is 0 Å². The molecule has 0 bridgehead atoms. The number of fused-ring (bicyclic) bond motifs is 2. The van der Waals surface area contributed by atoms with Crippen LogP contribution in [0.1, 0.15) is 86.7 Å². The van der Waals surface area contributed by atoms with Crippen LogP contribution in [0.2, 0.25) is 0 Å². The van der Waals surface area contributed by atoms with E-state index in [0.29, 0.717) is 28.4 Å². The summed E-state index contributed by atoms with van der Waals surface area (Å²) in [5, 5.41) is 3.47. The first-order valence-electron chi connectivity index (χ1n) is 20.2. The van der Waals surface area contributed by atoms with Crippen LogP contribution in [0.25, 0.3) is 27.5 Å². The SMILES string of the molecule is CCCCCCCCCCOC(=O)[C@H](Cc1ccc(-n2c(=O)c3ccncc3n(C)c2=O)c2ncccc12)NC(=O)c1c(C)cc(N2CCOC[C@@H]2C(C)(F)F)cc1F. The van der Waals surface area contributed by atoms with Crippen molar-refractivity contribution in [2.75, 3.05) is 31.3 Å². The third kappa shape index (κ3) is 9.67. The van der Waals surface area contributed by atoms with Crippen molar-refractivity contribution in [1.29, 1.82) is 0 Å². The molecule has 0 radical (unpaired) electrons. The second kappa shape index (κ2) is 19.0. The van der Waals surface area contributed by atoms with Crippen molar-refractivity contribution < 1.29 is 32.2 Å². The molecular weight excluding hydrogens is 766 g/mol. The Morgan fingerprint density at radius 3 is 2.49 bits per heavy atom. The first-order valence-corrected chi connectivity index (χ1v) is 20.2. The molecule has 3 aromatic heterocycles. The van der Waals surface area contributed by atoms with E-state index in [9.17, 15) is 28.0 Å². The Kier molecular flexibility index (Phi) is 13.9.